The summed E-state index contributed by atoms with van der Waals surface area (Å²) in [5, 5.41) is 4.01. The number of ether oxygens (including phenoxy) is 3. The van der Waals surface area contributed by atoms with Gasteiger partial charge in [0, 0.05) is 18.2 Å². The molecule has 0 radical (unpaired) electrons. The average molecular weight is 379 g/mol. The minimum atomic E-state index is -0.427. The molecule has 1 unspecified atom stereocenters. The van der Waals surface area contributed by atoms with E-state index >= 15 is 0 Å². The van der Waals surface area contributed by atoms with Gasteiger partial charge in [0.1, 0.15) is 18.1 Å². The molecule has 4 rings (SSSR count). The molecule has 144 valence electrons. The lowest BCUT2D eigenvalue weighted by Gasteiger charge is -2.11. The lowest BCUT2D eigenvalue weighted by Crippen LogP contribution is -2.16. The van der Waals surface area contributed by atoms with Crippen LogP contribution in [-0.4, -0.2) is 30.4 Å². The van der Waals surface area contributed by atoms with E-state index < -0.39 is 5.97 Å². The van der Waals surface area contributed by atoms with Crippen LogP contribution in [0.3, 0.4) is 0 Å². The van der Waals surface area contributed by atoms with Gasteiger partial charge in [0.15, 0.2) is 12.4 Å². The summed E-state index contributed by atoms with van der Waals surface area (Å²) >= 11 is 0. The topological polar surface area (TPSA) is 70.8 Å². The van der Waals surface area contributed by atoms with E-state index in [-0.39, 0.29) is 12.7 Å². The van der Waals surface area contributed by atoms with Crippen molar-refractivity contribution < 1.29 is 23.5 Å². The summed E-state index contributed by atoms with van der Waals surface area (Å²) < 4.78 is 21.8. The third-order valence-corrected chi connectivity index (χ3v) is 4.52. The minimum Gasteiger partial charge on any atom is -0.491 e. The predicted octanol–water partition coefficient (Wildman–Crippen LogP) is 4.26. The van der Waals surface area contributed by atoms with E-state index in [1.165, 1.54) is 0 Å². The molecule has 0 spiro atoms. The number of esters is 1. The highest BCUT2D eigenvalue weighted by Gasteiger charge is 2.16. The van der Waals surface area contributed by atoms with Gasteiger partial charge in [0.2, 0.25) is 0 Å². The van der Waals surface area contributed by atoms with Crippen molar-refractivity contribution in [2.75, 3.05) is 13.2 Å². The second-order valence-electron chi connectivity index (χ2n) is 6.59. The first-order valence-corrected chi connectivity index (χ1v) is 9.30. The summed E-state index contributed by atoms with van der Waals surface area (Å²) in [4.78, 5) is 12.2. The number of hydrogen-bond acceptors (Lipinski definition) is 6. The molecule has 2 aromatic carbocycles. The maximum absolute atomic E-state index is 12.2. The molecule has 0 amide bonds. The zero-order chi connectivity index (χ0) is 19.2. The Balaban J connectivity index is 1.28. The molecule has 3 aromatic rings. The lowest BCUT2D eigenvalue weighted by molar-refractivity contribution is 0.0437. The lowest BCUT2D eigenvalue weighted by atomic mass is 10.1. The zero-order valence-electron chi connectivity index (χ0n) is 15.4. The summed E-state index contributed by atoms with van der Waals surface area (Å²) in [5.41, 5.74) is 2.11. The third kappa shape index (κ3) is 4.58. The second kappa shape index (κ2) is 8.71. The number of aromatic nitrogens is 1. The highest BCUT2D eigenvalue weighted by molar-refractivity contribution is 5.89. The molecule has 28 heavy (non-hydrogen) atoms. The van der Waals surface area contributed by atoms with Gasteiger partial charge < -0.3 is 18.7 Å². The Morgan fingerprint density at radius 3 is 2.68 bits per heavy atom. The Labute approximate surface area is 163 Å². The molecule has 6 nitrogen and oxygen atoms in total. The number of benzene rings is 2. The van der Waals surface area contributed by atoms with E-state index in [0.717, 1.165) is 25.0 Å². The third-order valence-electron chi connectivity index (χ3n) is 4.52. The van der Waals surface area contributed by atoms with Crippen LogP contribution < -0.4 is 4.74 Å². The Hall–Kier alpha value is -3.12. The maximum Gasteiger partial charge on any atom is 0.338 e. The molecule has 0 aliphatic carbocycles. The molecule has 0 N–H and O–H groups in total. The largest absolute Gasteiger partial charge is 0.491 e. The molecule has 1 aliphatic rings. The van der Waals surface area contributed by atoms with E-state index in [0.29, 0.717) is 29.4 Å². The molecule has 1 saturated heterocycles. The van der Waals surface area contributed by atoms with Crippen molar-refractivity contribution >= 4 is 5.97 Å². The van der Waals surface area contributed by atoms with E-state index in [4.69, 9.17) is 18.7 Å². The molecule has 1 atom stereocenters. The van der Waals surface area contributed by atoms with Crippen LogP contribution in [0.25, 0.3) is 11.3 Å². The number of carbonyl (C=O) groups is 1. The number of hydrogen-bond donors (Lipinski definition) is 0. The van der Waals surface area contributed by atoms with Crippen LogP contribution in [0.5, 0.6) is 5.75 Å². The van der Waals surface area contributed by atoms with Gasteiger partial charge in [-0.25, -0.2) is 4.79 Å². The highest BCUT2D eigenvalue weighted by atomic mass is 16.6. The van der Waals surface area contributed by atoms with Crippen LogP contribution in [0, 0.1) is 0 Å². The molecule has 6 heteroatoms. The van der Waals surface area contributed by atoms with Crippen molar-refractivity contribution in [1.82, 2.24) is 5.16 Å². The highest BCUT2D eigenvalue weighted by Crippen LogP contribution is 2.20. The smallest absolute Gasteiger partial charge is 0.338 e. The summed E-state index contributed by atoms with van der Waals surface area (Å²) in [7, 11) is 0. The first-order chi connectivity index (χ1) is 13.8. The van der Waals surface area contributed by atoms with Crippen LogP contribution in [-0.2, 0) is 16.1 Å². The Morgan fingerprint density at radius 2 is 1.93 bits per heavy atom. The van der Waals surface area contributed by atoms with Crippen molar-refractivity contribution in [2.45, 2.75) is 25.6 Å². The van der Waals surface area contributed by atoms with Crippen molar-refractivity contribution in [2.24, 2.45) is 0 Å². The van der Waals surface area contributed by atoms with Gasteiger partial charge in [-0.15, -0.1) is 0 Å². The molecular formula is C22H21NO5. The monoisotopic (exact) mass is 379 g/mol. The molecular weight excluding hydrogens is 358 g/mol. The predicted molar refractivity (Wildman–Crippen MR) is 102 cm³/mol. The maximum atomic E-state index is 12.2. The first-order valence-electron chi connectivity index (χ1n) is 9.30. The van der Waals surface area contributed by atoms with Gasteiger partial charge in [0.05, 0.1) is 11.7 Å². The van der Waals surface area contributed by atoms with Gasteiger partial charge in [-0.1, -0.05) is 35.5 Å². The SMILES string of the molecule is O=C(OCc1cc(-c2ccccc2)no1)c1ccc(OCC2CCCO2)cc1. The van der Waals surface area contributed by atoms with Gasteiger partial charge in [-0.3, -0.25) is 0 Å². The second-order valence-corrected chi connectivity index (χ2v) is 6.59. The van der Waals surface area contributed by atoms with E-state index in [1.807, 2.05) is 30.3 Å². The average Bonchev–Trinajstić information content (AvgIpc) is 3.44. The van der Waals surface area contributed by atoms with Gasteiger partial charge in [0.25, 0.3) is 0 Å². The van der Waals surface area contributed by atoms with Crippen LogP contribution in [0.2, 0.25) is 0 Å². The first kappa shape index (κ1) is 18.3. The molecule has 0 bridgehead atoms. The van der Waals surface area contributed by atoms with E-state index in [1.54, 1.807) is 30.3 Å². The van der Waals surface area contributed by atoms with Crippen molar-refractivity contribution in [3.63, 3.8) is 0 Å². The van der Waals surface area contributed by atoms with Gasteiger partial charge >= 0.3 is 5.97 Å². The zero-order valence-corrected chi connectivity index (χ0v) is 15.4. The molecule has 1 fully saturated rings. The van der Waals surface area contributed by atoms with Crippen LogP contribution in [0.4, 0.5) is 0 Å². The van der Waals surface area contributed by atoms with Gasteiger partial charge in [-0.05, 0) is 37.1 Å². The summed E-state index contributed by atoms with van der Waals surface area (Å²) in [6.07, 6.45) is 2.27. The fourth-order valence-corrected chi connectivity index (χ4v) is 3.00. The normalized spacial score (nSPS) is 16.1. The quantitative estimate of drug-likeness (QED) is 0.572. The molecule has 1 aliphatic heterocycles. The van der Waals surface area contributed by atoms with Crippen molar-refractivity contribution in [3.05, 3.63) is 72.0 Å². The fourth-order valence-electron chi connectivity index (χ4n) is 3.00. The Bertz CT molecular complexity index is 898. The number of carbonyl (C=O) groups excluding carboxylic acids is 1. The molecule has 0 saturated carbocycles. The van der Waals surface area contributed by atoms with Crippen LogP contribution >= 0.6 is 0 Å². The standard InChI is InChI=1S/C22H21NO5/c24-22(17-8-10-18(11-9-17)26-14-19-7-4-12-25-19)27-15-20-13-21(23-28-20)16-5-2-1-3-6-16/h1-3,5-6,8-11,13,19H,4,7,12,14-15H2. The van der Waals surface area contributed by atoms with Crippen LogP contribution in [0.15, 0.2) is 65.2 Å². The van der Waals surface area contributed by atoms with Crippen molar-refractivity contribution in [1.29, 1.82) is 0 Å². The summed E-state index contributed by atoms with van der Waals surface area (Å²) in [6, 6.07) is 18.3. The molecule has 2 heterocycles. The Morgan fingerprint density at radius 1 is 1.11 bits per heavy atom. The number of rotatable bonds is 7. The minimum absolute atomic E-state index is 0.0237. The van der Waals surface area contributed by atoms with E-state index in [9.17, 15) is 4.79 Å². The van der Waals surface area contributed by atoms with Gasteiger partial charge in [-0.2, -0.15) is 0 Å². The van der Waals surface area contributed by atoms with Crippen LogP contribution in [0.1, 0.15) is 29.0 Å². The molecule has 1 aromatic heterocycles. The van der Waals surface area contributed by atoms with E-state index in [2.05, 4.69) is 5.16 Å². The summed E-state index contributed by atoms with van der Waals surface area (Å²) in [6.45, 7) is 1.35. The Kier molecular flexibility index (Phi) is 5.68. The van der Waals surface area contributed by atoms with Crippen molar-refractivity contribution in [3.8, 4) is 17.0 Å². The number of nitrogens with zero attached hydrogens (tertiary/aromatic N) is 1. The summed E-state index contributed by atoms with van der Waals surface area (Å²) in [5.74, 6) is 0.766. The fraction of sp³-hybridized carbons (Fsp3) is 0.273.